The van der Waals surface area contributed by atoms with Gasteiger partial charge in [-0.1, -0.05) is 19.1 Å². The summed E-state index contributed by atoms with van der Waals surface area (Å²) in [5.74, 6) is 0. The summed E-state index contributed by atoms with van der Waals surface area (Å²) < 4.78 is 32.0. The normalized spacial score (nSPS) is 13.3. The van der Waals surface area contributed by atoms with Crippen molar-refractivity contribution in [2.45, 2.75) is 38.3 Å². The number of hydrogen-bond donors (Lipinski definition) is 2. The van der Waals surface area contributed by atoms with Crippen LogP contribution in [0.2, 0.25) is 0 Å². The van der Waals surface area contributed by atoms with Gasteiger partial charge in [-0.05, 0) is 38.1 Å². The van der Waals surface area contributed by atoms with E-state index in [1.54, 1.807) is 12.1 Å². The molecule has 0 fully saturated rings. The molecule has 6 heteroatoms. The highest BCUT2D eigenvalue weighted by atomic mass is 32.2. The Labute approximate surface area is 121 Å². The topological polar surface area (TPSA) is 67.4 Å². The Hall–Kier alpha value is -0.950. The molecule has 20 heavy (non-hydrogen) atoms. The average molecular weight is 300 g/mol. The van der Waals surface area contributed by atoms with E-state index in [-0.39, 0.29) is 17.5 Å². The minimum atomic E-state index is -3.46. The smallest absolute Gasteiger partial charge is 0.240 e. The molecular weight excluding hydrogens is 276 g/mol. The van der Waals surface area contributed by atoms with Gasteiger partial charge in [0.05, 0.1) is 11.0 Å². The van der Waals surface area contributed by atoms with Crippen molar-refractivity contribution in [1.29, 1.82) is 0 Å². The highest BCUT2D eigenvalue weighted by molar-refractivity contribution is 7.89. The maximum absolute atomic E-state index is 12.1. The molecule has 1 aromatic carbocycles. The molecule has 0 radical (unpaired) electrons. The van der Waals surface area contributed by atoms with Crippen LogP contribution >= 0.6 is 0 Å². The number of rotatable bonds is 9. The highest BCUT2D eigenvalue weighted by Gasteiger charge is 2.14. The lowest BCUT2D eigenvalue weighted by Crippen LogP contribution is -2.32. The van der Waals surface area contributed by atoms with Crippen LogP contribution in [0.1, 0.15) is 26.3 Å². The second-order valence-electron chi connectivity index (χ2n) is 4.54. The van der Waals surface area contributed by atoms with Crippen LogP contribution in [-0.4, -0.2) is 34.2 Å². The van der Waals surface area contributed by atoms with Crippen LogP contribution in [-0.2, 0) is 21.3 Å². The quantitative estimate of drug-likeness (QED) is 0.725. The van der Waals surface area contributed by atoms with Crippen molar-refractivity contribution < 1.29 is 13.2 Å². The molecule has 2 N–H and O–H groups in total. The van der Waals surface area contributed by atoms with Crippen LogP contribution in [0.15, 0.2) is 29.2 Å². The van der Waals surface area contributed by atoms with Gasteiger partial charge in [-0.3, -0.25) is 0 Å². The maximum atomic E-state index is 12.1. The number of sulfonamides is 1. The van der Waals surface area contributed by atoms with Crippen molar-refractivity contribution in [3.05, 3.63) is 29.8 Å². The van der Waals surface area contributed by atoms with Gasteiger partial charge in [0.2, 0.25) is 10.0 Å². The van der Waals surface area contributed by atoms with Gasteiger partial charge in [0, 0.05) is 19.7 Å². The van der Waals surface area contributed by atoms with E-state index in [0.717, 1.165) is 18.7 Å². The fraction of sp³-hybridized carbons (Fsp3) is 0.571. The third kappa shape index (κ3) is 5.58. The zero-order chi connectivity index (χ0) is 15.0. The molecule has 0 spiro atoms. The number of benzene rings is 1. The monoisotopic (exact) mass is 300 g/mol. The van der Waals surface area contributed by atoms with Gasteiger partial charge in [0.15, 0.2) is 0 Å². The molecule has 5 nitrogen and oxygen atoms in total. The van der Waals surface area contributed by atoms with Gasteiger partial charge in [-0.2, -0.15) is 0 Å². The molecule has 0 aliphatic carbocycles. The summed E-state index contributed by atoms with van der Waals surface area (Å²) in [6.07, 6.45) is -0.136. The molecule has 0 saturated carbocycles. The minimum absolute atomic E-state index is 0.136. The first kappa shape index (κ1) is 17.1. The Morgan fingerprint density at radius 2 is 1.85 bits per heavy atom. The fourth-order valence-corrected chi connectivity index (χ4v) is 2.82. The van der Waals surface area contributed by atoms with E-state index in [0.29, 0.717) is 6.61 Å². The van der Waals surface area contributed by atoms with Gasteiger partial charge in [-0.25, -0.2) is 13.1 Å². The highest BCUT2D eigenvalue weighted by Crippen LogP contribution is 2.10. The van der Waals surface area contributed by atoms with E-state index in [9.17, 15) is 8.42 Å². The average Bonchev–Trinajstić information content (AvgIpc) is 2.44. The molecule has 0 amide bonds. The second-order valence-corrected chi connectivity index (χ2v) is 6.31. The summed E-state index contributed by atoms with van der Waals surface area (Å²) in [4.78, 5) is 0.279. The van der Waals surface area contributed by atoms with Crippen LogP contribution in [0.4, 0.5) is 0 Å². The van der Waals surface area contributed by atoms with Gasteiger partial charge in [0.1, 0.15) is 0 Å². The van der Waals surface area contributed by atoms with E-state index in [2.05, 4.69) is 10.0 Å². The Kier molecular flexibility index (Phi) is 7.15. The van der Waals surface area contributed by atoms with Gasteiger partial charge in [0.25, 0.3) is 0 Å². The molecule has 114 valence electrons. The first-order chi connectivity index (χ1) is 9.49. The molecule has 0 bridgehead atoms. The molecular formula is C14H24N2O3S. The van der Waals surface area contributed by atoms with Crippen molar-refractivity contribution in [2.75, 3.05) is 19.7 Å². The molecule has 0 heterocycles. The fourth-order valence-electron chi connectivity index (χ4n) is 1.71. The van der Waals surface area contributed by atoms with Crippen LogP contribution < -0.4 is 10.0 Å². The molecule has 0 aliphatic heterocycles. The molecule has 1 atom stereocenters. The largest absolute Gasteiger partial charge is 0.377 e. The van der Waals surface area contributed by atoms with Crippen molar-refractivity contribution in [1.82, 2.24) is 10.0 Å². The Morgan fingerprint density at radius 1 is 1.20 bits per heavy atom. The van der Waals surface area contributed by atoms with Crippen molar-refractivity contribution >= 4 is 10.0 Å². The van der Waals surface area contributed by atoms with Crippen LogP contribution in [0, 0.1) is 0 Å². The third-order valence-electron chi connectivity index (χ3n) is 2.82. The van der Waals surface area contributed by atoms with Gasteiger partial charge < -0.3 is 10.1 Å². The first-order valence-electron chi connectivity index (χ1n) is 6.90. The zero-order valence-corrected chi connectivity index (χ0v) is 13.2. The number of hydrogen-bond acceptors (Lipinski definition) is 4. The summed E-state index contributed by atoms with van der Waals surface area (Å²) in [7, 11) is -3.46. The third-order valence-corrected chi connectivity index (χ3v) is 4.26. The van der Waals surface area contributed by atoms with Crippen molar-refractivity contribution in [3.63, 3.8) is 0 Å². The van der Waals surface area contributed by atoms with Crippen LogP contribution in [0.5, 0.6) is 0 Å². The predicted octanol–water partition coefficient (Wildman–Crippen LogP) is 1.50. The van der Waals surface area contributed by atoms with Crippen LogP contribution in [0.3, 0.4) is 0 Å². The summed E-state index contributed by atoms with van der Waals surface area (Å²) in [5.41, 5.74) is 1.06. The maximum Gasteiger partial charge on any atom is 0.240 e. The number of ether oxygens (including phenoxy) is 1. The van der Waals surface area contributed by atoms with E-state index >= 15 is 0 Å². The molecule has 0 aliphatic rings. The van der Waals surface area contributed by atoms with Gasteiger partial charge in [-0.15, -0.1) is 0 Å². The minimum Gasteiger partial charge on any atom is -0.377 e. The van der Waals surface area contributed by atoms with Gasteiger partial charge >= 0.3 is 0 Å². The predicted molar refractivity (Wildman–Crippen MR) is 80.1 cm³/mol. The zero-order valence-electron chi connectivity index (χ0n) is 12.3. The summed E-state index contributed by atoms with van der Waals surface area (Å²) in [6, 6.07) is 6.90. The lowest BCUT2D eigenvalue weighted by Gasteiger charge is -2.13. The Morgan fingerprint density at radius 3 is 2.40 bits per heavy atom. The molecule has 1 unspecified atom stereocenters. The summed E-state index contributed by atoms with van der Waals surface area (Å²) in [5, 5.41) is 3.20. The van der Waals surface area contributed by atoms with E-state index in [1.807, 2.05) is 32.9 Å². The Balaban J connectivity index is 2.63. The first-order valence-corrected chi connectivity index (χ1v) is 8.38. The van der Waals surface area contributed by atoms with Crippen LogP contribution in [0.25, 0.3) is 0 Å². The molecule has 1 aromatic rings. The molecule has 1 rings (SSSR count). The van der Waals surface area contributed by atoms with Crippen molar-refractivity contribution in [2.24, 2.45) is 0 Å². The summed E-state index contributed by atoms with van der Waals surface area (Å²) in [6.45, 7) is 8.22. The number of nitrogens with one attached hydrogen (secondary N) is 2. The lowest BCUT2D eigenvalue weighted by atomic mass is 10.2. The van der Waals surface area contributed by atoms with Crippen molar-refractivity contribution in [3.8, 4) is 0 Å². The standard InChI is InChI=1S/C14H24N2O3S/c1-4-15-11-13-6-8-14(9-7-13)20(17,18)16-10-12(3)19-5-2/h6-9,12,15-16H,4-5,10-11H2,1-3H3. The Bertz CT molecular complexity index is 486. The molecule has 0 saturated heterocycles. The lowest BCUT2D eigenvalue weighted by molar-refractivity contribution is 0.0799. The van der Waals surface area contributed by atoms with E-state index < -0.39 is 10.0 Å². The van der Waals surface area contributed by atoms with E-state index in [1.165, 1.54) is 0 Å². The summed E-state index contributed by atoms with van der Waals surface area (Å²) >= 11 is 0. The van der Waals surface area contributed by atoms with E-state index in [4.69, 9.17) is 4.74 Å². The molecule has 0 aromatic heterocycles. The second kappa shape index (κ2) is 8.36. The SMILES string of the molecule is CCNCc1ccc(S(=O)(=O)NCC(C)OCC)cc1.